The van der Waals surface area contributed by atoms with Gasteiger partial charge in [0, 0.05) is 4.88 Å². The van der Waals surface area contributed by atoms with Crippen LogP contribution in [0.1, 0.15) is 27.9 Å². The van der Waals surface area contributed by atoms with Crippen LogP contribution in [-0.4, -0.2) is 17.7 Å². The summed E-state index contributed by atoms with van der Waals surface area (Å²) in [4.78, 5) is 24.8. The molecule has 2 heterocycles. The summed E-state index contributed by atoms with van der Waals surface area (Å²) >= 11 is 1.56. The van der Waals surface area contributed by atoms with Crippen LogP contribution in [-0.2, 0) is 0 Å². The number of ether oxygens (including phenoxy) is 1. The lowest BCUT2D eigenvalue weighted by atomic mass is 10.1. The number of benzene rings is 1. The zero-order chi connectivity index (χ0) is 17.1. The first-order chi connectivity index (χ1) is 11.6. The summed E-state index contributed by atoms with van der Waals surface area (Å²) in [6.07, 6.45) is 3.52. The topological polar surface area (TPSA) is 76.7 Å². The van der Waals surface area contributed by atoms with Crippen LogP contribution in [0.3, 0.4) is 0 Å². The number of fused-ring (bicyclic) bond motifs is 1. The Morgan fingerprint density at radius 3 is 2.83 bits per heavy atom. The Bertz CT molecular complexity index is 967. The number of carbonyl (C=O) groups is 1. The number of hydrogen-bond donors (Lipinski definition) is 1. The van der Waals surface area contributed by atoms with Gasteiger partial charge in [-0.05, 0) is 48.7 Å². The van der Waals surface area contributed by atoms with Crippen molar-refractivity contribution in [3.8, 4) is 5.75 Å². The van der Waals surface area contributed by atoms with E-state index in [0.717, 1.165) is 4.88 Å². The van der Waals surface area contributed by atoms with Gasteiger partial charge in [0.2, 0.25) is 11.2 Å². The fourth-order valence-corrected chi connectivity index (χ4v) is 2.88. The first-order valence-corrected chi connectivity index (χ1v) is 8.16. The maximum Gasteiger partial charge on any atom is 0.335 e. The normalized spacial score (nSPS) is 11.2. The van der Waals surface area contributed by atoms with Gasteiger partial charge >= 0.3 is 5.97 Å². The van der Waals surface area contributed by atoms with E-state index >= 15 is 0 Å². The van der Waals surface area contributed by atoms with E-state index in [1.165, 1.54) is 18.2 Å². The molecule has 122 valence electrons. The van der Waals surface area contributed by atoms with E-state index in [9.17, 15) is 9.59 Å². The van der Waals surface area contributed by atoms with E-state index in [4.69, 9.17) is 14.3 Å². The lowest BCUT2D eigenvalue weighted by Crippen LogP contribution is -2.10. The Labute approximate surface area is 141 Å². The molecule has 0 saturated heterocycles. The van der Waals surface area contributed by atoms with Crippen LogP contribution in [0.5, 0.6) is 5.75 Å². The van der Waals surface area contributed by atoms with Crippen molar-refractivity contribution >= 4 is 40.4 Å². The average Bonchev–Trinajstić information content (AvgIpc) is 3.09. The molecular formula is C18H14O5S. The summed E-state index contributed by atoms with van der Waals surface area (Å²) in [5.74, 6) is -0.706. The number of hydrogen-bond acceptors (Lipinski definition) is 5. The minimum absolute atomic E-state index is 0.0270. The molecule has 3 aromatic rings. The van der Waals surface area contributed by atoms with Crippen LogP contribution in [0.15, 0.2) is 44.9 Å². The van der Waals surface area contributed by atoms with Gasteiger partial charge in [0.1, 0.15) is 5.58 Å². The monoisotopic (exact) mass is 342 g/mol. The van der Waals surface area contributed by atoms with Crippen LogP contribution < -0.4 is 10.2 Å². The van der Waals surface area contributed by atoms with Crippen molar-refractivity contribution in [1.29, 1.82) is 0 Å². The smallest absolute Gasteiger partial charge is 0.335 e. The minimum Gasteiger partial charge on any atom is -0.487 e. The Morgan fingerprint density at radius 2 is 2.17 bits per heavy atom. The Balaban J connectivity index is 2.18. The predicted molar refractivity (Wildman–Crippen MR) is 93.9 cm³/mol. The highest BCUT2D eigenvalue weighted by molar-refractivity contribution is 7.10. The number of thiophene rings is 1. The van der Waals surface area contributed by atoms with Gasteiger partial charge in [-0.1, -0.05) is 6.07 Å². The van der Waals surface area contributed by atoms with Gasteiger partial charge in [-0.25, -0.2) is 4.79 Å². The molecule has 2 aromatic heterocycles. The van der Waals surface area contributed by atoms with Gasteiger partial charge in [0.15, 0.2) is 5.76 Å². The molecule has 0 aliphatic heterocycles. The molecule has 0 atom stereocenters. The van der Waals surface area contributed by atoms with Crippen LogP contribution in [0.4, 0.5) is 0 Å². The zero-order valence-electron chi connectivity index (χ0n) is 12.8. The summed E-state index contributed by atoms with van der Waals surface area (Å²) in [7, 11) is 0. The van der Waals surface area contributed by atoms with Crippen LogP contribution >= 0.6 is 11.3 Å². The summed E-state index contributed by atoms with van der Waals surface area (Å²) in [5, 5.41) is 11.2. The second-order valence-electron chi connectivity index (χ2n) is 4.92. The third kappa shape index (κ3) is 3.09. The highest BCUT2D eigenvalue weighted by Gasteiger charge is 2.15. The van der Waals surface area contributed by atoms with E-state index in [0.29, 0.717) is 18.0 Å². The SMILES string of the molecule is CCOc1c(C=Cc2cccs2)oc2ccc(C(=O)O)cc2c1=O. The summed E-state index contributed by atoms with van der Waals surface area (Å²) in [5.41, 5.74) is -0.0366. The largest absolute Gasteiger partial charge is 0.487 e. The van der Waals surface area contributed by atoms with Crippen molar-refractivity contribution in [1.82, 2.24) is 0 Å². The molecule has 0 unspecified atom stereocenters. The second-order valence-corrected chi connectivity index (χ2v) is 5.90. The maximum atomic E-state index is 12.7. The molecule has 0 aliphatic rings. The Morgan fingerprint density at radius 1 is 1.33 bits per heavy atom. The molecule has 0 fully saturated rings. The quantitative estimate of drug-likeness (QED) is 0.755. The van der Waals surface area contributed by atoms with E-state index in [2.05, 4.69) is 0 Å². The highest BCUT2D eigenvalue weighted by atomic mass is 32.1. The molecule has 6 heteroatoms. The van der Waals surface area contributed by atoms with E-state index in [1.54, 1.807) is 24.3 Å². The molecule has 1 N–H and O–H groups in total. The third-order valence-corrected chi connectivity index (χ3v) is 4.19. The van der Waals surface area contributed by atoms with E-state index in [1.807, 2.05) is 23.6 Å². The van der Waals surface area contributed by atoms with Crippen molar-refractivity contribution in [3.63, 3.8) is 0 Å². The lowest BCUT2D eigenvalue weighted by Gasteiger charge is -2.08. The molecule has 0 bridgehead atoms. The van der Waals surface area contributed by atoms with Gasteiger partial charge in [-0.15, -0.1) is 11.3 Å². The van der Waals surface area contributed by atoms with Crippen molar-refractivity contribution in [2.24, 2.45) is 0 Å². The molecule has 0 spiro atoms. The van der Waals surface area contributed by atoms with Crippen molar-refractivity contribution in [3.05, 3.63) is 62.1 Å². The van der Waals surface area contributed by atoms with Crippen molar-refractivity contribution < 1.29 is 19.1 Å². The van der Waals surface area contributed by atoms with E-state index in [-0.39, 0.29) is 22.1 Å². The van der Waals surface area contributed by atoms with Crippen LogP contribution in [0, 0.1) is 0 Å². The van der Waals surface area contributed by atoms with Crippen molar-refractivity contribution in [2.45, 2.75) is 6.92 Å². The average molecular weight is 342 g/mol. The number of carboxylic acid groups (broad SMARTS) is 1. The Hall–Kier alpha value is -2.86. The second kappa shape index (κ2) is 6.72. The third-order valence-electron chi connectivity index (χ3n) is 3.35. The zero-order valence-corrected chi connectivity index (χ0v) is 13.6. The molecule has 3 rings (SSSR count). The van der Waals surface area contributed by atoms with E-state index < -0.39 is 5.97 Å². The maximum absolute atomic E-state index is 12.7. The fourth-order valence-electron chi connectivity index (χ4n) is 2.26. The fraction of sp³-hybridized carbons (Fsp3) is 0.111. The summed E-state index contributed by atoms with van der Waals surface area (Å²) < 4.78 is 11.2. The molecule has 5 nitrogen and oxygen atoms in total. The number of aromatic carboxylic acids is 1. The molecule has 0 aliphatic carbocycles. The summed E-state index contributed by atoms with van der Waals surface area (Å²) in [6.45, 7) is 2.07. The number of rotatable bonds is 5. The van der Waals surface area contributed by atoms with Crippen molar-refractivity contribution in [2.75, 3.05) is 6.61 Å². The van der Waals surface area contributed by atoms with Crippen LogP contribution in [0.25, 0.3) is 23.1 Å². The molecule has 0 amide bonds. The predicted octanol–water partition coefficient (Wildman–Crippen LogP) is 4.12. The van der Waals surface area contributed by atoms with Gasteiger partial charge in [0.25, 0.3) is 0 Å². The van der Waals surface area contributed by atoms with Crippen LogP contribution in [0.2, 0.25) is 0 Å². The van der Waals surface area contributed by atoms with Gasteiger partial charge in [-0.2, -0.15) is 0 Å². The first-order valence-electron chi connectivity index (χ1n) is 7.28. The van der Waals surface area contributed by atoms with Gasteiger partial charge in [0.05, 0.1) is 17.6 Å². The molecule has 0 radical (unpaired) electrons. The molecule has 1 aromatic carbocycles. The first kappa shape index (κ1) is 16.0. The van der Waals surface area contributed by atoms with Gasteiger partial charge in [-0.3, -0.25) is 4.79 Å². The highest BCUT2D eigenvalue weighted by Crippen LogP contribution is 2.24. The van der Waals surface area contributed by atoms with Gasteiger partial charge < -0.3 is 14.3 Å². The molecular weight excluding hydrogens is 328 g/mol. The summed E-state index contributed by atoms with van der Waals surface area (Å²) in [6, 6.07) is 8.06. The minimum atomic E-state index is -1.10. The standard InChI is InChI=1S/C18H14O5S/c1-2-22-17-15(8-6-12-4-3-9-24-12)23-14-7-5-11(18(20)21)10-13(14)16(17)19/h3-10H,2H2,1H3,(H,20,21). The lowest BCUT2D eigenvalue weighted by molar-refractivity contribution is 0.0697. The molecule has 0 saturated carbocycles. The Kier molecular flexibility index (Phi) is 4.48. The number of carboxylic acids is 1. The molecule has 24 heavy (non-hydrogen) atoms.